The lowest BCUT2D eigenvalue weighted by Gasteiger charge is -2.35. The van der Waals surface area contributed by atoms with Gasteiger partial charge in [0.2, 0.25) is 5.91 Å². The number of carbonyl (C=O) groups is 2. The second kappa shape index (κ2) is 8.10. The van der Waals surface area contributed by atoms with Crippen LogP contribution in [0, 0.1) is 0 Å². The molecule has 2 heterocycles. The molecular weight excluding hydrogens is 402 g/mol. The summed E-state index contributed by atoms with van der Waals surface area (Å²) in [6, 6.07) is 9.29. The molecule has 9 nitrogen and oxygen atoms in total. The third-order valence-corrected chi connectivity index (χ3v) is 5.48. The number of para-hydroxylation sites is 1. The Bertz CT molecular complexity index is 1240. The van der Waals surface area contributed by atoms with Gasteiger partial charge in [-0.3, -0.25) is 14.2 Å². The van der Waals surface area contributed by atoms with Gasteiger partial charge in [0.25, 0.3) is 5.56 Å². The zero-order valence-electron chi connectivity index (χ0n) is 17.1. The van der Waals surface area contributed by atoms with Crippen LogP contribution in [0.2, 0.25) is 0 Å². The highest BCUT2D eigenvalue weighted by Crippen LogP contribution is 2.34. The standard InChI is InChI=1S/C22H21N3O6/c1-30-18-8-13-7-17(22(28)29)25(10-14(13)9-19(18)31-2)20(26)11-24-12-23-16-6-4-3-5-15(16)21(24)27/h3-6,8-9,12,17H,7,10-11H2,1-2H3,(H,28,29)/t17-/m0/s1. The number of fused-ring (bicyclic) bond motifs is 2. The van der Waals surface area contributed by atoms with E-state index in [1.165, 1.54) is 30.0 Å². The van der Waals surface area contributed by atoms with Gasteiger partial charge in [0.1, 0.15) is 12.6 Å². The maximum absolute atomic E-state index is 13.1. The van der Waals surface area contributed by atoms with E-state index in [4.69, 9.17) is 9.47 Å². The van der Waals surface area contributed by atoms with Crippen molar-refractivity contribution in [3.8, 4) is 11.5 Å². The monoisotopic (exact) mass is 423 g/mol. The van der Waals surface area contributed by atoms with Crippen molar-refractivity contribution in [1.29, 1.82) is 0 Å². The topological polar surface area (TPSA) is 111 Å². The van der Waals surface area contributed by atoms with Crippen LogP contribution in [0.15, 0.2) is 47.5 Å². The number of benzene rings is 2. The summed E-state index contributed by atoms with van der Waals surface area (Å²) in [6.45, 7) is -0.218. The molecule has 0 aliphatic carbocycles. The first-order valence-corrected chi connectivity index (χ1v) is 9.63. The number of aliphatic carboxylic acids is 1. The Hall–Kier alpha value is -3.88. The van der Waals surface area contributed by atoms with Gasteiger partial charge in [0.15, 0.2) is 11.5 Å². The fourth-order valence-corrected chi connectivity index (χ4v) is 3.85. The second-order valence-corrected chi connectivity index (χ2v) is 7.25. The summed E-state index contributed by atoms with van der Waals surface area (Å²) in [5.41, 5.74) is 1.73. The van der Waals surface area contributed by atoms with Gasteiger partial charge in [-0.1, -0.05) is 12.1 Å². The molecule has 1 aliphatic rings. The molecule has 0 radical (unpaired) electrons. The number of hydrogen-bond acceptors (Lipinski definition) is 6. The van der Waals surface area contributed by atoms with Gasteiger partial charge in [-0.15, -0.1) is 0 Å². The normalized spacial score (nSPS) is 15.4. The first kappa shape index (κ1) is 20.4. The zero-order valence-corrected chi connectivity index (χ0v) is 17.1. The van der Waals surface area contributed by atoms with Gasteiger partial charge in [-0.2, -0.15) is 0 Å². The van der Waals surface area contributed by atoms with E-state index >= 15 is 0 Å². The third kappa shape index (κ3) is 3.70. The predicted octanol–water partition coefficient (Wildman–Crippen LogP) is 1.45. The molecule has 2 aromatic carbocycles. The smallest absolute Gasteiger partial charge is 0.326 e. The number of ether oxygens (including phenoxy) is 2. The third-order valence-electron chi connectivity index (χ3n) is 5.48. The number of rotatable bonds is 5. The lowest BCUT2D eigenvalue weighted by molar-refractivity contribution is -0.151. The van der Waals surface area contributed by atoms with Crippen LogP contribution < -0.4 is 15.0 Å². The Kier molecular flexibility index (Phi) is 5.33. The van der Waals surface area contributed by atoms with Crippen molar-refractivity contribution in [2.75, 3.05) is 14.2 Å². The SMILES string of the molecule is COc1cc2c(cc1OC)CN(C(=O)Cn1cnc3ccccc3c1=O)[C@H](C(=O)O)C2. The Balaban J connectivity index is 1.66. The highest BCUT2D eigenvalue weighted by atomic mass is 16.5. The lowest BCUT2D eigenvalue weighted by Crippen LogP contribution is -2.50. The molecular formula is C22H21N3O6. The number of amides is 1. The van der Waals surface area contributed by atoms with Gasteiger partial charge in [-0.25, -0.2) is 9.78 Å². The Labute approximate surface area is 177 Å². The molecule has 1 amide bonds. The van der Waals surface area contributed by atoms with Crippen LogP contribution in [-0.2, 0) is 29.1 Å². The van der Waals surface area contributed by atoms with Gasteiger partial charge in [-0.05, 0) is 35.4 Å². The number of aromatic nitrogens is 2. The molecule has 1 atom stereocenters. The minimum Gasteiger partial charge on any atom is -0.493 e. The summed E-state index contributed by atoms with van der Waals surface area (Å²) in [5, 5.41) is 10.1. The number of nitrogens with zero attached hydrogens (tertiary/aromatic N) is 3. The van der Waals surface area contributed by atoms with Crippen LogP contribution in [0.25, 0.3) is 10.9 Å². The molecule has 1 N–H and O–H groups in total. The zero-order chi connectivity index (χ0) is 22.1. The average Bonchev–Trinajstić information content (AvgIpc) is 2.79. The van der Waals surface area contributed by atoms with Crippen molar-refractivity contribution < 1.29 is 24.2 Å². The van der Waals surface area contributed by atoms with E-state index < -0.39 is 17.9 Å². The first-order chi connectivity index (χ1) is 14.9. The van der Waals surface area contributed by atoms with Crippen molar-refractivity contribution in [3.05, 3.63) is 64.2 Å². The van der Waals surface area contributed by atoms with Crippen LogP contribution in [0.3, 0.4) is 0 Å². The molecule has 160 valence electrons. The molecule has 1 aromatic heterocycles. The summed E-state index contributed by atoms with van der Waals surface area (Å²) in [5.74, 6) is -0.596. The molecule has 0 fully saturated rings. The average molecular weight is 423 g/mol. The van der Waals surface area contributed by atoms with Gasteiger partial charge < -0.3 is 19.5 Å². The molecule has 0 saturated heterocycles. The molecule has 0 unspecified atom stereocenters. The van der Waals surface area contributed by atoms with E-state index in [9.17, 15) is 19.5 Å². The van der Waals surface area contributed by atoms with Crippen LogP contribution in [0.5, 0.6) is 11.5 Å². The fraction of sp³-hybridized carbons (Fsp3) is 0.273. The summed E-state index contributed by atoms with van der Waals surface area (Å²) < 4.78 is 11.8. The summed E-state index contributed by atoms with van der Waals surface area (Å²) >= 11 is 0. The van der Waals surface area contributed by atoms with Crippen LogP contribution in [0.4, 0.5) is 0 Å². The van der Waals surface area contributed by atoms with Gasteiger partial charge in [0.05, 0.1) is 31.4 Å². The molecule has 31 heavy (non-hydrogen) atoms. The minimum atomic E-state index is -1.11. The van der Waals surface area contributed by atoms with Crippen LogP contribution in [-0.4, -0.2) is 51.7 Å². The Morgan fingerprint density at radius 3 is 2.48 bits per heavy atom. The molecule has 1 aliphatic heterocycles. The number of carboxylic acid groups (broad SMARTS) is 1. The van der Waals surface area contributed by atoms with Crippen molar-refractivity contribution in [2.24, 2.45) is 0 Å². The van der Waals surface area contributed by atoms with E-state index in [2.05, 4.69) is 4.98 Å². The van der Waals surface area contributed by atoms with E-state index in [1.54, 1.807) is 36.4 Å². The fourth-order valence-electron chi connectivity index (χ4n) is 3.85. The maximum atomic E-state index is 13.1. The molecule has 9 heteroatoms. The van der Waals surface area contributed by atoms with E-state index in [0.717, 1.165) is 11.1 Å². The van der Waals surface area contributed by atoms with Crippen LogP contribution >= 0.6 is 0 Å². The van der Waals surface area contributed by atoms with Crippen molar-refractivity contribution >= 4 is 22.8 Å². The summed E-state index contributed by atoms with van der Waals surface area (Å²) in [6.07, 6.45) is 1.44. The Morgan fingerprint density at radius 2 is 1.81 bits per heavy atom. The molecule has 0 saturated carbocycles. The van der Waals surface area contributed by atoms with Crippen molar-refractivity contribution in [3.63, 3.8) is 0 Å². The van der Waals surface area contributed by atoms with Gasteiger partial charge >= 0.3 is 5.97 Å². The van der Waals surface area contributed by atoms with E-state index in [0.29, 0.717) is 22.4 Å². The molecule has 0 spiro atoms. The van der Waals surface area contributed by atoms with Crippen LogP contribution in [0.1, 0.15) is 11.1 Å². The number of hydrogen-bond donors (Lipinski definition) is 1. The molecule has 4 rings (SSSR count). The number of methoxy groups -OCH3 is 2. The molecule has 3 aromatic rings. The second-order valence-electron chi connectivity index (χ2n) is 7.25. The number of carbonyl (C=O) groups excluding carboxylic acids is 1. The quantitative estimate of drug-likeness (QED) is 0.661. The summed E-state index contributed by atoms with van der Waals surface area (Å²) in [7, 11) is 3.02. The van der Waals surface area contributed by atoms with Crippen molar-refractivity contribution in [1.82, 2.24) is 14.5 Å². The lowest BCUT2D eigenvalue weighted by atomic mass is 9.93. The van der Waals surface area contributed by atoms with E-state index in [1.807, 2.05) is 0 Å². The summed E-state index contributed by atoms with van der Waals surface area (Å²) in [4.78, 5) is 43.2. The largest absolute Gasteiger partial charge is 0.493 e. The van der Waals surface area contributed by atoms with Crippen molar-refractivity contribution in [2.45, 2.75) is 25.6 Å². The van der Waals surface area contributed by atoms with Gasteiger partial charge in [0, 0.05) is 13.0 Å². The maximum Gasteiger partial charge on any atom is 0.326 e. The first-order valence-electron chi connectivity index (χ1n) is 9.63. The van der Waals surface area contributed by atoms with E-state index in [-0.39, 0.29) is 25.1 Å². The molecule has 0 bridgehead atoms. The minimum absolute atomic E-state index is 0.0846. The predicted molar refractivity (Wildman–Crippen MR) is 111 cm³/mol. The Morgan fingerprint density at radius 1 is 1.13 bits per heavy atom. The highest BCUT2D eigenvalue weighted by Gasteiger charge is 2.35. The number of carboxylic acids is 1. The highest BCUT2D eigenvalue weighted by molar-refractivity contribution is 5.85.